The van der Waals surface area contributed by atoms with Crippen LogP contribution in [0, 0.1) is 12.8 Å². The number of carbonyl (C=O) groups excluding carboxylic acids is 2. The fourth-order valence-electron chi connectivity index (χ4n) is 3.74. The number of aliphatic carboxylic acids is 1. The minimum Gasteiger partial charge on any atom is -0.475 e. The highest BCUT2D eigenvalue weighted by Crippen LogP contribution is 2.33. The van der Waals surface area contributed by atoms with Crippen molar-refractivity contribution >= 4 is 23.5 Å². The Bertz CT molecular complexity index is 995. The highest BCUT2D eigenvalue weighted by atomic mass is 19.4. The van der Waals surface area contributed by atoms with Crippen LogP contribution in [0.1, 0.15) is 29.2 Å². The number of aryl methyl sites for hydroxylation is 1. The third-order valence-electron chi connectivity index (χ3n) is 5.26. The van der Waals surface area contributed by atoms with E-state index in [1.165, 1.54) is 0 Å². The fourth-order valence-corrected chi connectivity index (χ4v) is 3.74. The maximum Gasteiger partial charge on any atom is 0.490 e. The molecule has 0 spiro atoms. The number of halogens is 3. The van der Waals surface area contributed by atoms with E-state index in [9.17, 15) is 22.8 Å². The number of fused-ring (bicyclic) bond motifs is 1. The summed E-state index contributed by atoms with van der Waals surface area (Å²) in [6, 6.07) is 7.00. The number of anilines is 1. The average molecular weight is 469 g/mol. The van der Waals surface area contributed by atoms with Gasteiger partial charge in [0.1, 0.15) is 5.76 Å². The van der Waals surface area contributed by atoms with Crippen molar-refractivity contribution in [3.8, 4) is 0 Å². The van der Waals surface area contributed by atoms with Gasteiger partial charge in [0.15, 0.2) is 5.76 Å². The number of hydrogen-bond donors (Lipinski definition) is 2. The predicted octanol–water partition coefficient (Wildman–Crippen LogP) is 2.87. The molecule has 0 bridgehead atoms. The van der Waals surface area contributed by atoms with Gasteiger partial charge in [-0.15, -0.1) is 0 Å². The van der Waals surface area contributed by atoms with Crippen molar-refractivity contribution in [2.75, 3.05) is 18.5 Å². The Kier molecular flexibility index (Phi) is 7.36. The van der Waals surface area contributed by atoms with Gasteiger partial charge in [0.05, 0.1) is 29.9 Å². The zero-order valence-electron chi connectivity index (χ0n) is 17.5. The standard InChI is InChI=1S/C19H21N3O4.C2HF3O2/c1-12-4-5-16(26-12)19(24)22-11-13(9-17-15(22)6-8-25-17)18(23)21-14-3-2-7-20-10-14;3-2(4,5)1(6)7/h2-5,7,10,13,15,17H,6,8-9,11H2,1H3,(H,21,23);(H,6,7)/t13-,15+,17+;/m0./s1. The first kappa shape index (κ1) is 24.2. The molecule has 4 heterocycles. The van der Waals surface area contributed by atoms with Crippen LogP contribution in [0.15, 0.2) is 41.1 Å². The van der Waals surface area contributed by atoms with Crippen molar-refractivity contribution in [2.24, 2.45) is 5.92 Å². The number of amides is 2. The molecule has 178 valence electrons. The van der Waals surface area contributed by atoms with Crippen LogP contribution in [0.25, 0.3) is 0 Å². The van der Waals surface area contributed by atoms with E-state index in [1.54, 1.807) is 48.5 Å². The summed E-state index contributed by atoms with van der Waals surface area (Å²) in [5.41, 5.74) is 0.645. The summed E-state index contributed by atoms with van der Waals surface area (Å²) in [5.74, 6) is -2.41. The number of nitrogens with one attached hydrogen (secondary N) is 1. The van der Waals surface area contributed by atoms with Gasteiger partial charge >= 0.3 is 12.1 Å². The Morgan fingerprint density at radius 2 is 1.97 bits per heavy atom. The lowest BCUT2D eigenvalue weighted by molar-refractivity contribution is -0.192. The zero-order valence-corrected chi connectivity index (χ0v) is 17.5. The lowest BCUT2D eigenvalue weighted by atomic mass is 9.89. The highest BCUT2D eigenvalue weighted by molar-refractivity contribution is 5.95. The Balaban J connectivity index is 0.000000383. The molecule has 2 aliphatic rings. The Morgan fingerprint density at radius 1 is 1.24 bits per heavy atom. The van der Waals surface area contributed by atoms with Crippen LogP contribution < -0.4 is 5.32 Å². The lowest BCUT2D eigenvalue weighted by Gasteiger charge is -2.39. The third-order valence-corrected chi connectivity index (χ3v) is 5.26. The van der Waals surface area contributed by atoms with Crippen molar-refractivity contribution in [1.82, 2.24) is 9.88 Å². The molecule has 0 radical (unpaired) electrons. The number of likely N-dealkylation sites (tertiary alicyclic amines) is 1. The first-order valence-corrected chi connectivity index (χ1v) is 10.1. The summed E-state index contributed by atoms with van der Waals surface area (Å²) >= 11 is 0. The number of aromatic nitrogens is 1. The monoisotopic (exact) mass is 469 g/mol. The molecule has 2 aliphatic heterocycles. The van der Waals surface area contributed by atoms with Gasteiger partial charge in [0, 0.05) is 19.3 Å². The highest BCUT2D eigenvalue weighted by Gasteiger charge is 2.45. The van der Waals surface area contributed by atoms with E-state index >= 15 is 0 Å². The second-order valence-electron chi connectivity index (χ2n) is 7.60. The van der Waals surface area contributed by atoms with E-state index in [0.29, 0.717) is 36.8 Å². The molecule has 33 heavy (non-hydrogen) atoms. The minimum atomic E-state index is -5.08. The molecule has 2 aromatic rings. The molecule has 9 nitrogen and oxygen atoms in total. The predicted molar refractivity (Wildman–Crippen MR) is 107 cm³/mol. The van der Waals surface area contributed by atoms with Gasteiger partial charge in [-0.2, -0.15) is 13.2 Å². The van der Waals surface area contributed by atoms with Crippen LogP contribution in [0.2, 0.25) is 0 Å². The molecular weight excluding hydrogens is 447 g/mol. The van der Waals surface area contributed by atoms with Crippen molar-refractivity contribution in [3.05, 3.63) is 48.2 Å². The Hall–Kier alpha value is -3.41. The number of carboxylic acids is 1. The molecule has 2 saturated heterocycles. The smallest absolute Gasteiger partial charge is 0.475 e. The minimum absolute atomic E-state index is 0.00431. The summed E-state index contributed by atoms with van der Waals surface area (Å²) in [6.07, 6.45) is -0.554. The van der Waals surface area contributed by atoms with E-state index in [-0.39, 0.29) is 29.9 Å². The van der Waals surface area contributed by atoms with E-state index in [4.69, 9.17) is 19.1 Å². The van der Waals surface area contributed by atoms with E-state index in [0.717, 1.165) is 6.42 Å². The van der Waals surface area contributed by atoms with Crippen LogP contribution in [0.4, 0.5) is 18.9 Å². The van der Waals surface area contributed by atoms with Crippen molar-refractivity contribution in [1.29, 1.82) is 0 Å². The van der Waals surface area contributed by atoms with Crippen LogP contribution in [-0.4, -0.2) is 64.2 Å². The number of hydrogen-bond acceptors (Lipinski definition) is 6. The zero-order chi connectivity index (χ0) is 24.2. The molecule has 4 rings (SSSR count). The number of alkyl halides is 3. The number of nitrogens with zero attached hydrogens (tertiary/aromatic N) is 2. The van der Waals surface area contributed by atoms with E-state index < -0.39 is 12.1 Å². The number of carboxylic acid groups (broad SMARTS) is 1. The number of rotatable bonds is 3. The second-order valence-corrected chi connectivity index (χ2v) is 7.60. The van der Waals surface area contributed by atoms with Gasteiger partial charge in [-0.3, -0.25) is 14.6 Å². The first-order chi connectivity index (χ1) is 15.6. The molecular formula is C21H22F3N3O6. The van der Waals surface area contributed by atoms with Crippen LogP contribution in [0.3, 0.4) is 0 Å². The van der Waals surface area contributed by atoms with E-state index in [1.807, 2.05) is 0 Å². The SMILES string of the molecule is Cc1ccc(C(=O)N2C[C@@H](C(=O)Nc3cccnc3)C[C@H]3OCC[C@H]32)o1.O=C(O)C(F)(F)F. The Labute approximate surface area is 186 Å². The van der Waals surface area contributed by atoms with Crippen LogP contribution in [-0.2, 0) is 14.3 Å². The molecule has 2 amide bonds. The third kappa shape index (κ3) is 6.09. The van der Waals surface area contributed by atoms with Gasteiger partial charge in [-0.05, 0) is 44.0 Å². The van der Waals surface area contributed by atoms with Crippen LogP contribution in [0.5, 0.6) is 0 Å². The number of furan rings is 1. The fraction of sp³-hybridized carbons (Fsp3) is 0.429. The molecule has 3 atom stereocenters. The summed E-state index contributed by atoms with van der Waals surface area (Å²) in [4.78, 5) is 40.3. The Morgan fingerprint density at radius 3 is 2.55 bits per heavy atom. The van der Waals surface area contributed by atoms with Crippen molar-refractivity contribution in [3.63, 3.8) is 0 Å². The maximum absolute atomic E-state index is 12.9. The number of pyridine rings is 1. The normalized spacial score (nSPS) is 22.1. The largest absolute Gasteiger partial charge is 0.490 e. The summed E-state index contributed by atoms with van der Waals surface area (Å²) in [5, 5.41) is 10.0. The van der Waals surface area contributed by atoms with Gasteiger partial charge in [-0.1, -0.05) is 0 Å². The van der Waals surface area contributed by atoms with Gasteiger partial charge in [0.25, 0.3) is 5.91 Å². The summed E-state index contributed by atoms with van der Waals surface area (Å²) < 4.78 is 43.0. The molecule has 2 N–H and O–H groups in total. The summed E-state index contributed by atoms with van der Waals surface area (Å²) in [6.45, 7) is 2.76. The molecule has 0 unspecified atom stereocenters. The quantitative estimate of drug-likeness (QED) is 0.709. The van der Waals surface area contributed by atoms with Gasteiger partial charge in [0.2, 0.25) is 5.91 Å². The van der Waals surface area contributed by atoms with Crippen molar-refractivity contribution in [2.45, 2.75) is 38.1 Å². The average Bonchev–Trinajstić information content (AvgIpc) is 3.42. The molecule has 2 aromatic heterocycles. The molecule has 0 aromatic carbocycles. The molecule has 2 fully saturated rings. The second kappa shape index (κ2) is 10.0. The number of piperidine rings is 1. The first-order valence-electron chi connectivity index (χ1n) is 10.1. The van der Waals surface area contributed by atoms with Crippen molar-refractivity contribution < 1.29 is 41.8 Å². The molecule has 12 heteroatoms. The van der Waals surface area contributed by atoms with Crippen LogP contribution >= 0.6 is 0 Å². The van der Waals surface area contributed by atoms with Gasteiger partial charge < -0.3 is 24.5 Å². The maximum atomic E-state index is 12.9. The van der Waals surface area contributed by atoms with Gasteiger partial charge in [-0.25, -0.2) is 4.79 Å². The lowest BCUT2D eigenvalue weighted by Crippen LogP contribution is -2.54. The number of carbonyl (C=O) groups is 3. The summed E-state index contributed by atoms with van der Waals surface area (Å²) in [7, 11) is 0. The number of ether oxygens (including phenoxy) is 1. The molecule has 0 aliphatic carbocycles. The van der Waals surface area contributed by atoms with E-state index in [2.05, 4.69) is 10.3 Å². The molecule has 0 saturated carbocycles. The topological polar surface area (TPSA) is 122 Å².